The lowest BCUT2D eigenvalue weighted by molar-refractivity contribution is -0.277. The highest BCUT2D eigenvalue weighted by atomic mass is 16.7. The van der Waals surface area contributed by atoms with E-state index in [0.29, 0.717) is 5.56 Å². The Bertz CT molecular complexity index is 1140. The molecule has 1 unspecified atom stereocenters. The van der Waals surface area contributed by atoms with Gasteiger partial charge in [-0.15, -0.1) is 0 Å². The second-order valence-electron chi connectivity index (χ2n) is 7.69. The molecule has 0 saturated carbocycles. The predicted molar refractivity (Wildman–Crippen MR) is 109 cm³/mol. The summed E-state index contributed by atoms with van der Waals surface area (Å²) in [5, 5.41) is 59.9. The zero-order valence-electron chi connectivity index (χ0n) is 20.0. The monoisotopic (exact) mass is 467 g/mol. The molecule has 4 rings (SSSR count). The van der Waals surface area contributed by atoms with Crippen molar-refractivity contribution in [2.75, 3.05) is 13.6 Å². The van der Waals surface area contributed by atoms with Gasteiger partial charge in [0.25, 0.3) is 0 Å². The van der Waals surface area contributed by atoms with E-state index in [1.807, 2.05) is 0 Å². The lowest BCUT2D eigenvalue weighted by atomic mass is 9.95. The van der Waals surface area contributed by atoms with Crippen molar-refractivity contribution >= 4 is 5.78 Å². The molecule has 33 heavy (non-hydrogen) atoms. The van der Waals surface area contributed by atoms with Crippen molar-refractivity contribution in [3.8, 4) is 28.7 Å². The minimum Gasteiger partial charge on any atom is -0.507 e. The van der Waals surface area contributed by atoms with Gasteiger partial charge in [-0.3, -0.25) is 4.79 Å². The number of benzene rings is 2. The van der Waals surface area contributed by atoms with Crippen LogP contribution in [0.2, 0.25) is 0 Å². The Balaban J connectivity index is 1.57. The highest BCUT2D eigenvalue weighted by Gasteiger charge is 2.45. The van der Waals surface area contributed by atoms with Gasteiger partial charge in [-0.05, 0) is 17.7 Å². The normalized spacial score (nSPS) is 30.9. The number of methoxy groups -OCH3 is 1. The highest BCUT2D eigenvalue weighted by molar-refractivity contribution is 6.02. The number of hydrogen-bond acceptors (Lipinski definition) is 11. The molecule has 11 heteroatoms. The maximum Gasteiger partial charge on any atom is 0.229 e. The number of carbonyl (C=O) groups is 1. The summed E-state index contributed by atoms with van der Waals surface area (Å²) in [5.74, 6) is -1.94. The van der Waals surface area contributed by atoms with Crippen LogP contribution >= 0.6 is 0 Å². The Morgan fingerprint density at radius 2 is 1.88 bits per heavy atom. The summed E-state index contributed by atoms with van der Waals surface area (Å²) in [6.07, 6.45) is -8.83. The van der Waals surface area contributed by atoms with E-state index in [9.17, 15) is 35.4 Å². The summed E-state index contributed by atoms with van der Waals surface area (Å²) in [6.45, 7) is -0.664. The molecule has 11 nitrogen and oxygen atoms in total. The van der Waals surface area contributed by atoms with Crippen molar-refractivity contribution in [1.29, 1.82) is 0 Å². The van der Waals surface area contributed by atoms with Crippen LogP contribution < -0.4 is 14.2 Å². The van der Waals surface area contributed by atoms with Crippen LogP contribution in [0, 0.1) is 0 Å². The minimum absolute atomic E-state index is 0.0850. The van der Waals surface area contributed by atoms with Crippen LogP contribution in [0.3, 0.4) is 0 Å². The van der Waals surface area contributed by atoms with Gasteiger partial charge in [-0.1, -0.05) is 6.07 Å². The number of fused-ring (bicyclic) bond motifs is 1. The van der Waals surface area contributed by atoms with E-state index in [0.717, 1.165) is 6.07 Å². The third-order valence-electron chi connectivity index (χ3n) is 5.54. The molecule has 0 spiro atoms. The summed E-state index contributed by atoms with van der Waals surface area (Å²) in [5.41, 5.74) is 0.197. The third kappa shape index (κ3) is 4.28. The van der Waals surface area contributed by atoms with Gasteiger partial charge in [0.05, 0.1) is 24.2 Å². The van der Waals surface area contributed by atoms with Gasteiger partial charge in [0.2, 0.25) is 6.29 Å². The van der Waals surface area contributed by atoms with Crippen LogP contribution in [-0.4, -0.2) is 80.8 Å². The number of hydrogen-bond donors (Lipinski definition) is 6. The summed E-state index contributed by atoms with van der Waals surface area (Å²) in [4.78, 5) is 12.7. The van der Waals surface area contributed by atoms with Crippen LogP contribution in [0.4, 0.5) is 0 Å². The highest BCUT2D eigenvalue weighted by Crippen LogP contribution is 2.43. The standard InChI is InChI=1S/C22H24O11/c1-30-14-3-2-9(4-11(14)24)15-7-13(26)18-12(25)5-10(6-16(18)32-15)31-22-21(29)20(28)19(27)17(8-23)33-22/h2-6,15,17,19-25,27-29H,7-8H2,1H3/t15?,17-,19-,20+,21-,22-/m1/s1/i1D3. The first-order valence-corrected chi connectivity index (χ1v) is 9.94. The van der Waals surface area contributed by atoms with Gasteiger partial charge >= 0.3 is 0 Å². The van der Waals surface area contributed by atoms with Gasteiger partial charge in [0, 0.05) is 12.1 Å². The minimum atomic E-state index is -2.77. The summed E-state index contributed by atoms with van der Waals surface area (Å²) >= 11 is 0. The SMILES string of the molecule is [2H]C([2H])([2H])Oc1ccc(C2CC(=O)c3c(O)cc(O[C@@H]4O[C@H](CO)[C@@H](O)[C@H](O)[C@H]4O)cc3O2)cc1O. The molecule has 2 aromatic rings. The maximum absolute atomic E-state index is 12.7. The lowest BCUT2D eigenvalue weighted by Gasteiger charge is -2.39. The van der Waals surface area contributed by atoms with E-state index < -0.39 is 67.7 Å². The molecular weight excluding hydrogens is 440 g/mol. The molecule has 1 saturated heterocycles. The number of ether oxygens (including phenoxy) is 4. The summed E-state index contributed by atoms with van der Waals surface area (Å²) < 4.78 is 42.8. The molecule has 6 N–H and O–H groups in total. The number of carbonyl (C=O) groups excluding carboxylic acids is 1. The van der Waals surface area contributed by atoms with Gasteiger partial charge in [0.15, 0.2) is 17.3 Å². The summed E-state index contributed by atoms with van der Waals surface area (Å²) in [7, 11) is -2.77. The van der Waals surface area contributed by atoms with Crippen molar-refractivity contribution < 1.29 is 58.5 Å². The Hall–Kier alpha value is -3.09. The van der Waals surface area contributed by atoms with Crippen LogP contribution in [0.25, 0.3) is 0 Å². The van der Waals surface area contributed by atoms with Crippen LogP contribution in [0.1, 0.15) is 32.6 Å². The number of aliphatic hydroxyl groups excluding tert-OH is 4. The average Bonchev–Trinajstić information content (AvgIpc) is 2.79. The van der Waals surface area contributed by atoms with Crippen LogP contribution in [0.15, 0.2) is 30.3 Å². The number of aromatic hydroxyl groups is 2. The van der Waals surface area contributed by atoms with Crippen molar-refractivity contribution in [3.05, 3.63) is 41.5 Å². The predicted octanol–water partition coefficient (Wildman–Crippen LogP) is -0.00840. The maximum atomic E-state index is 12.7. The molecule has 0 amide bonds. The van der Waals surface area contributed by atoms with E-state index in [-0.39, 0.29) is 29.2 Å². The number of phenolic OH excluding ortho intramolecular Hbond substituents is 2. The van der Waals surface area contributed by atoms with Gasteiger partial charge < -0.3 is 49.6 Å². The van der Waals surface area contributed by atoms with Crippen LogP contribution in [0.5, 0.6) is 28.7 Å². The molecule has 0 radical (unpaired) electrons. The number of Topliss-reactive ketones (excluding diaryl/α,β-unsaturated/α-hetero) is 1. The molecule has 178 valence electrons. The quantitative estimate of drug-likeness (QED) is 0.349. The number of phenols is 2. The fourth-order valence-corrected chi connectivity index (χ4v) is 3.79. The molecule has 0 bridgehead atoms. The number of rotatable bonds is 5. The lowest BCUT2D eigenvalue weighted by Crippen LogP contribution is -2.60. The third-order valence-corrected chi connectivity index (χ3v) is 5.54. The largest absolute Gasteiger partial charge is 0.507 e. The Morgan fingerprint density at radius 3 is 2.58 bits per heavy atom. The van der Waals surface area contributed by atoms with E-state index in [1.165, 1.54) is 24.3 Å². The molecular formula is C22H24O11. The molecule has 2 heterocycles. The van der Waals surface area contributed by atoms with Crippen molar-refractivity contribution in [3.63, 3.8) is 0 Å². The topological polar surface area (TPSA) is 175 Å². The van der Waals surface area contributed by atoms with Gasteiger partial charge in [-0.2, -0.15) is 0 Å². The molecule has 2 aliphatic heterocycles. The zero-order valence-corrected chi connectivity index (χ0v) is 17.0. The fraction of sp³-hybridized carbons (Fsp3) is 0.409. The van der Waals surface area contributed by atoms with E-state index >= 15 is 0 Å². The zero-order chi connectivity index (χ0) is 26.4. The Kier molecular flexibility index (Phi) is 5.31. The Labute approximate surface area is 192 Å². The molecule has 1 fully saturated rings. The molecule has 0 aromatic heterocycles. The smallest absolute Gasteiger partial charge is 0.229 e. The van der Waals surface area contributed by atoms with E-state index in [4.69, 9.17) is 23.1 Å². The number of ketones is 1. The first kappa shape index (κ1) is 19.4. The summed E-state index contributed by atoms with van der Waals surface area (Å²) in [6, 6.07) is 6.15. The van der Waals surface area contributed by atoms with E-state index in [2.05, 4.69) is 0 Å². The molecule has 6 atom stereocenters. The van der Waals surface area contributed by atoms with Crippen LogP contribution in [-0.2, 0) is 4.74 Å². The number of aliphatic hydroxyl groups is 4. The second-order valence-corrected chi connectivity index (χ2v) is 7.69. The second kappa shape index (κ2) is 9.04. The first-order valence-electron chi connectivity index (χ1n) is 11.4. The molecule has 2 aliphatic rings. The van der Waals surface area contributed by atoms with Crippen molar-refractivity contribution in [2.45, 2.75) is 43.2 Å². The Morgan fingerprint density at radius 1 is 1.09 bits per heavy atom. The molecule has 0 aliphatic carbocycles. The van der Waals surface area contributed by atoms with Gasteiger partial charge in [0.1, 0.15) is 53.3 Å². The average molecular weight is 467 g/mol. The van der Waals surface area contributed by atoms with Gasteiger partial charge in [-0.25, -0.2) is 0 Å². The fourth-order valence-electron chi connectivity index (χ4n) is 3.79. The molecule has 2 aromatic carbocycles. The van der Waals surface area contributed by atoms with Crippen molar-refractivity contribution in [1.82, 2.24) is 0 Å². The van der Waals surface area contributed by atoms with E-state index in [1.54, 1.807) is 0 Å². The van der Waals surface area contributed by atoms with Crippen molar-refractivity contribution in [2.24, 2.45) is 0 Å². The first-order chi connectivity index (χ1) is 16.9.